The van der Waals surface area contributed by atoms with Crippen LogP contribution >= 0.6 is 56.7 Å². The summed E-state index contributed by atoms with van der Waals surface area (Å²) < 4.78 is 57.5. The number of hydrogen-bond donors (Lipinski definition) is 0. The lowest BCUT2D eigenvalue weighted by atomic mass is 9.99. The standard InChI is InChI=1S/C21H19N7S.2C20H19N7S.C19H14F3N7S.C19H17N7S/c1-12(14-7-8-17-15(10-14)4-3-9-22-17)19-23-24-21-28(19)26-20(29-21)16-11-27(2)25-18(16)13-5-6-13;2*1-4-16-15(11-26(3)24-16)19-25-27-18(22-23-20(27)28-19)12(2)13-7-8-17-14(10-13)6-5-9-21-17;1-10(11-5-6-14-12(8-11)4-3-7-23-14)16-24-25-18-29(16)27-17(30-18)13-9-28(2)26-15(13)19(20,21)22;1-11(13-6-7-16-14(9-13)5-4-8-20-16)17-21-22-19-26(17)24-18(27-19)15-10-25(3)23-12(15)2/h3-4,7-13H,5-6H2,1-2H3;2*5-12H,4H2,1-3H3;3-10H,1-2H3;4-11H,1-3H3/t3*12-;10-;11-/m11010/s1. The third kappa shape index (κ3) is 17.7. The summed E-state index contributed by atoms with van der Waals surface area (Å²) in [5, 5.41) is 98.2. The van der Waals surface area contributed by atoms with E-state index in [1.165, 1.54) is 58.6 Å². The number of aryl methyl sites for hydroxylation is 8. The molecule has 710 valence electrons. The van der Waals surface area contributed by atoms with Crippen LogP contribution in [0.4, 0.5) is 13.2 Å². The predicted octanol–water partition coefficient (Wildman–Crippen LogP) is 19.8. The summed E-state index contributed by atoms with van der Waals surface area (Å²) in [6.45, 7) is 16.7. The molecule has 26 rings (SSSR count). The Labute approximate surface area is 826 Å². The molecular weight excluding hydrogens is 1900 g/mol. The van der Waals surface area contributed by atoms with E-state index < -0.39 is 11.9 Å². The maximum absolute atomic E-state index is 13.3. The quantitative estimate of drug-likeness (QED) is 0.0770. The van der Waals surface area contributed by atoms with Crippen LogP contribution in [0.5, 0.6) is 0 Å². The topological polar surface area (TPSA) is 369 Å². The molecule has 20 aromatic heterocycles. The second-order valence-electron chi connectivity index (χ2n) is 35.0. The van der Waals surface area contributed by atoms with Gasteiger partial charge in [0.25, 0.3) is 0 Å². The van der Waals surface area contributed by atoms with Gasteiger partial charge in [0.2, 0.25) is 24.8 Å². The summed E-state index contributed by atoms with van der Waals surface area (Å²) in [6, 6.07) is 51.2. The Bertz CT molecular complexity index is 8800. The summed E-state index contributed by atoms with van der Waals surface area (Å²) in [7, 11) is 9.20. The first kappa shape index (κ1) is 91.2. The van der Waals surface area contributed by atoms with Gasteiger partial charge in [-0.15, -0.1) is 51.0 Å². The van der Waals surface area contributed by atoms with Crippen molar-refractivity contribution in [3.63, 3.8) is 0 Å². The average molecular weight is 1990 g/mol. The van der Waals surface area contributed by atoms with Crippen molar-refractivity contribution in [1.29, 1.82) is 0 Å². The summed E-state index contributed by atoms with van der Waals surface area (Å²) in [4.78, 5) is 25.5. The average Bonchev–Trinajstić information content (AvgIpc) is 1.73. The van der Waals surface area contributed by atoms with Crippen molar-refractivity contribution in [2.45, 2.75) is 123 Å². The highest BCUT2D eigenvalue weighted by Crippen LogP contribution is 2.46. The molecule has 0 radical (unpaired) electrons. The highest BCUT2D eigenvalue weighted by molar-refractivity contribution is 7.21. The summed E-state index contributed by atoms with van der Waals surface area (Å²) in [6.07, 6.45) is 18.0. The van der Waals surface area contributed by atoms with Gasteiger partial charge in [0.05, 0.1) is 78.2 Å². The fraction of sp³-hybridized carbons (Fsp3) is 0.242. The van der Waals surface area contributed by atoms with Crippen LogP contribution in [0.1, 0.15) is 182 Å². The molecule has 0 N–H and O–H groups in total. The lowest BCUT2D eigenvalue weighted by Gasteiger charge is -2.10. The fourth-order valence-electron chi connectivity index (χ4n) is 17.6. The predicted molar refractivity (Wildman–Crippen MR) is 541 cm³/mol. The zero-order valence-corrected chi connectivity index (χ0v) is 82.9. The molecule has 5 aromatic carbocycles. The second kappa shape index (κ2) is 37.4. The zero-order valence-electron chi connectivity index (χ0n) is 78.8. The van der Waals surface area contributed by atoms with Crippen molar-refractivity contribution in [2.75, 3.05) is 0 Å². The first-order valence-corrected chi connectivity index (χ1v) is 50.0. The van der Waals surface area contributed by atoms with E-state index in [-0.39, 0.29) is 40.2 Å². The third-order valence-electron chi connectivity index (χ3n) is 25.2. The van der Waals surface area contributed by atoms with Crippen molar-refractivity contribution in [3.05, 3.63) is 299 Å². The van der Waals surface area contributed by atoms with E-state index >= 15 is 0 Å². The number of halogens is 3. The van der Waals surface area contributed by atoms with Gasteiger partial charge in [-0.2, -0.15) is 86.7 Å². The lowest BCUT2D eigenvalue weighted by molar-refractivity contribution is -0.141. The highest BCUT2D eigenvalue weighted by atomic mass is 32.1. The molecule has 142 heavy (non-hydrogen) atoms. The van der Waals surface area contributed by atoms with Crippen LogP contribution in [-0.4, -0.2) is 173 Å². The van der Waals surface area contributed by atoms with Gasteiger partial charge in [-0.3, -0.25) is 48.3 Å². The van der Waals surface area contributed by atoms with Crippen LogP contribution in [0.3, 0.4) is 0 Å². The van der Waals surface area contributed by atoms with E-state index in [0.717, 1.165) is 203 Å². The van der Waals surface area contributed by atoms with E-state index in [0.29, 0.717) is 16.7 Å². The van der Waals surface area contributed by atoms with Gasteiger partial charge in [0.15, 0.2) is 59.9 Å². The first-order valence-electron chi connectivity index (χ1n) is 45.9. The third-order valence-corrected chi connectivity index (χ3v) is 29.9. The number of pyridine rings is 5. The monoisotopic (exact) mass is 1980 g/mol. The van der Waals surface area contributed by atoms with E-state index in [4.69, 9.17) is 20.4 Å². The minimum Gasteiger partial charge on any atom is -0.275 e. The van der Waals surface area contributed by atoms with Gasteiger partial charge >= 0.3 is 6.18 Å². The Morgan fingerprint density at radius 3 is 0.859 bits per heavy atom. The molecule has 1 saturated carbocycles. The Morgan fingerprint density at radius 1 is 0.310 bits per heavy atom. The largest absolute Gasteiger partial charge is 0.435 e. The minimum atomic E-state index is -4.57. The van der Waals surface area contributed by atoms with Crippen LogP contribution in [-0.2, 0) is 54.3 Å². The summed E-state index contributed by atoms with van der Waals surface area (Å²) in [5.41, 5.74) is 18.0. The Morgan fingerprint density at radius 2 is 0.570 bits per heavy atom. The van der Waals surface area contributed by atoms with Crippen molar-refractivity contribution in [2.24, 2.45) is 35.2 Å². The van der Waals surface area contributed by atoms with E-state index in [1.807, 2.05) is 178 Å². The van der Waals surface area contributed by atoms with Gasteiger partial charge in [0, 0.05) is 160 Å². The summed E-state index contributed by atoms with van der Waals surface area (Å²) in [5.74, 6) is 4.57. The molecule has 25 aromatic rings. The molecular formula is C99H88F3N35S5. The molecule has 1 fully saturated rings. The number of alkyl halides is 3. The normalized spacial score (nSPS) is 13.5. The molecule has 0 saturated heterocycles. The molecule has 0 aliphatic heterocycles. The zero-order chi connectivity index (χ0) is 97.6. The van der Waals surface area contributed by atoms with E-state index in [2.05, 4.69) is 245 Å². The van der Waals surface area contributed by atoms with Gasteiger partial charge in [-0.1, -0.05) is 166 Å². The van der Waals surface area contributed by atoms with Crippen molar-refractivity contribution < 1.29 is 13.2 Å². The molecule has 1 aliphatic rings. The maximum atomic E-state index is 13.3. The van der Waals surface area contributed by atoms with Crippen LogP contribution in [0.15, 0.2) is 214 Å². The number of nitrogens with zero attached hydrogens (tertiary/aromatic N) is 35. The Kier molecular flexibility index (Phi) is 24.0. The minimum absolute atomic E-state index is 0.0640. The molecule has 20 heterocycles. The number of rotatable bonds is 18. The lowest BCUT2D eigenvalue weighted by Crippen LogP contribution is -2.08. The molecule has 5 atom stereocenters. The Balaban J connectivity index is 0.000000102. The number of fused-ring (bicyclic) bond motifs is 10. The molecule has 0 amide bonds. The van der Waals surface area contributed by atoms with Crippen molar-refractivity contribution in [1.82, 2.24) is 173 Å². The van der Waals surface area contributed by atoms with Gasteiger partial charge in [-0.25, -0.2) is 0 Å². The molecule has 0 spiro atoms. The molecule has 0 unspecified atom stereocenters. The summed E-state index contributed by atoms with van der Waals surface area (Å²) >= 11 is 7.24. The van der Waals surface area contributed by atoms with Crippen LogP contribution in [0.25, 0.3) is 132 Å². The maximum Gasteiger partial charge on any atom is 0.435 e. The number of aromatic nitrogens is 35. The van der Waals surface area contributed by atoms with Gasteiger partial charge in [-0.05, 0) is 151 Å². The van der Waals surface area contributed by atoms with E-state index in [1.54, 1.807) is 44.9 Å². The van der Waals surface area contributed by atoms with Gasteiger partial charge < -0.3 is 0 Å². The van der Waals surface area contributed by atoms with Crippen molar-refractivity contribution >= 4 is 136 Å². The highest BCUT2D eigenvalue weighted by Gasteiger charge is 2.39. The number of hydrogen-bond acceptors (Lipinski definition) is 30. The van der Waals surface area contributed by atoms with Crippen molar-refractivity contribution in [3.8, 4) is 52.9 Å². The van der Waals surface area contributed by atoms with Crippen LogP contribution in [0, 0.1) is 6.92 Å². The van der Waals surface area contributed by atoms with Gasteiger partial charge in [0.1, 0.15) is 0 Å². The fourth-order valence-corrected chi connectivity index (χ4v) is 21.9. The van der Waals surface area contributed by atoms with Crippen LogP contribution in [0.2, 0.25) is 0 Å². The van der Waals surface area contributed by atoms with E-state index in [9.17, 15) is 13.2 Å². The number of benzene rings is 5. The molecule has 35 nitrogen and oxygen atoms in total. The van der Waals surface area contributed by atoms with Crippen LogP contribution < -0.4 is 0 Å². The molecule has 1 aliphatic carbocycles. The smallest absolute Gasteiger partial charge is 0.275 e. The molecule has 0 bridgehead atoms. The Hall–Kier alpha value is -15.9. The SMILES string of the molecule is CCc1nn(C)cc1-c1nn2c([C@@H](C)c3ccc4ncccc4c3)nnc2s1.CCc1nn(C)cc1-c1nn2c([C@H](C)c3ccc4ncccc4c3)nnc2s1.C[C@H](c1ccc2ncccc2c1)c1nnc2sc(-c3cn(C)nc3C(F)(F)F)nn12.C[C@H](c1ccc2ncccc2c1)c1nnc2sc(-c3cn(C)nc3C3CC3)nn12.Cc1nn(C)cc1-c1nn2c([C@@H](C)c3ccc4ncccc4c3)nnc2s1. The second-order valence-corrected chi connectivity index (χ2v) is 39.7. The first-order chi connectivity index (χ1) is 68.8. The molecule has 43 heteroatoms.